The Labute approximate surface area is 134 Å². The zero-order chi connectivity index (χ0) is 14.1. The highest BCUT2D eigenvalue weighted by Gasteiger charge is 2.24. The molecule has 1 aliphatic rings. The highest BCUT2D eigenvalue weighted by molar-refractivity contribution is 6.31. The van der Waals surface area contributed by atoms with Crippen molar-refractivity contribution in [1.29, 1.82) is 0 Å². The maximum absolute atomic E-state index is 12.3. The molecule has 1 fully saturated rings. The van der Waals surface area contributed by atoms with Gasteiger partial charge in [0.25, 0.3) is 5.91 Å². The molecule has 4 N–H and O–H groups in total. The number of carbonyl (C=O) groups is 1. The number of fused-ring (bicyclic) bond motifs is 1. The summed E-state index contributed by atoms with van der Waals surface area (Å²) in [6.07, 6.45) is 4.21. The Hall–Kier alpha value is -1.23. The first-order chi connectivity index (χ1) is 9.63. The number of aromatic nitrogens is 1. The molecular formula is C15H19Cl2N3O. The molecule has 21 heavy (non-hydrogen) atoms. The first-order valence-corrected chi connectivity index (χ1v) is 7.36. The van der Waals surface area contributed by atoms with Gasteiger partial charge in [0.1, 0.15) is 5.69 Å². The normalized spacial score (nSPS) is 21.8. The summed E-state index contributed by atoms with van der Waals surface area (Å²) in [4.78, 5) is 15.4. The van der Waals surface area contributed by atoms with Crippen LogP contribution in [0.2, 0.25) is 5.02 Å². The summed E-state index contributed by atoms with van der Waals surface area (Å²) in [6, 6.07) is 7.49. The fraction of sp³-hybridized carbons (Fsp3) is 0.400. The monoisotopic (exact) mass is 327 g/mol. The number of hydrogen-bond acceptors (Lipinski definition) is 2. The number of aromatic amines is 1. The molecular weight excluding hydrogens is 309 g/mol. The Morgan fingerprint density at radius 2 is 2.05 bits per heavy atom. The maximum Gasteiger partial charge on any atom is 0.268 e. The number of rotatable bonds is 2. The lowest BCUT2D eigenvalue weighted by Crippen LogP contribution is -2.49. The van der Waals surface area contributed by atoms with E-state index in [0.29, 0.717) is 10.7 Å². The van der Waals surface area contributed by atoms with Crippen molar-refractivity contribution in [3.63, 3.8) is 0 Å². The number of hydrogen-bond donors (Lipinski definition) is 3. The first kappa shape index (κ1) is 16.1. The maximum atomic E-state index is 12.3. The fourth-order valence-corrected chi connectivity index (χ4v) is 2.99. The predicted octanol–water partition coefficient (Wildman–Crippen LogP) is 3.24. The van der Waals surface area contributed by atoms with Crippen LogP contribution in [0, 0.1) is 0 Å². The fourth-order valence-electron chi connectivity index (χ4n) is 2.81. The van der Waals surface area contributed by atoms with Gasteiger partial charge in [-0.1, -0.05) is 24.4 Å². The Bertz CT molecular complexity index is 641. The molecule has 114 valence electrons. The molecule has 1 aromatic carbocycles. The summed E-state index contributed by atoms with van der Waals surface area (Å²) in [5.74, 6) is -0.0975. The minimum absolute atomic E-state index is 0. The van der Waals surface area contributed by atoms with Gasteiger partial charge in [-0.25, -0.2) is 0 Å². The molecule has 2 aromatic rings. The quantitative estimate of drug-likeness (QED) is 0.792. The summed E-state index contributed by atoms with van der Waals surface area (Å²) in [5, 5.41) is 4.64. The Balaban J connectivity index is 0.00000161. The number of carbonyl (C=O) groups excluding carboxylic acids is 1. The van der Waals surface area contributed by atoms with E-state index in [4.69, 9.17) is 17.3 Å². The van der Waals surface area contributed by atoms with E-state index in [0.717, 1.165) is 36.6 Å². The van der Waals surface area contributed by atoms with Crippen molar-refractivity contribution in [3.05, 3.63) is 35.0 Å². The van der Waals surface area contributed by atoms with Gasteiger partial charge in [0.15, 0.2) is 0 Å². The van der Waals surface area contributed by atoms with E-state index in [1.54, 1.807) is 6.07 Å². The van der Waals surface area contributed by atoms with Crippen LogP contribution < -0.4 is 11.1 Å². The van der Waals surface area contributed by atoms with Gasteiger partial charge in [0.05, 0.1) is 0 Å². The second kappa shape index (κ2) is 6.69. The zero-order valence-electron chi connectivity index (χ0n) is 11.6. The summed E-state index contributed by atoms with van der Waals surface area (Å²) in [5.41, 5.74) is 7.52. The lowest BCUT2D eigenvalue weighted by molar-refractivity contribution is 0.0917. The van der Waals surface area contributed by atoms with E-state index in [1.807, 2.05) is 18.2 Å². The minimum atomic E-state index is -0.0975. The van der Waals surface area contributed by atoms with Crippen molar-refractivity contribution >= 4 is 40.8 Å². The van der Waals surface area contributed by atoms with Crippen LogP contribution in [0.1, 0.15) is 36.2 Å². The largest absolute Gasteiger partial charge is 0.351 e. The minimum Gasteiger partial charge on any atom is -0.351 e. The van der Waals surface area contributed by atoms with Gasteiger partial charge in [-0.3, -0.25) is 4.79 Å². The Kier molecular flexibility index (Phi) is 5.14. The van der Waals surface area contributed by atoms with E-state index in [-0.39, 0.29) is 30.4 Å². The van der Waals surface area contributed by atoms with Crippen LogP contribution in [0.4, 0.5) is 0 Å². The van der Waals surface area contributed by atoms with Crippen LogP contribution in [-0.4, -0.2) is 23.0 Å². The van der Waals surface area contributed by atoms with Gasteiger partial charge in [-0.2, -0.15) is 0 Å². The molecule has 0 radical (unpaired) electrons. The van der Waals surface area contributed by atoms with Gasteiger partial charge < -0.3 is 16.0 Å². The van der Waals surface area contributed by atoms with Gasteiger partial charge in [-0.05, 0) is 37.1 Å². The molecule has 2 atom stereocenters. The molecule has 1 aromatic heterocycles. The van der Waals surface area contributed by atoms with Crippen LogP contribution in [0.15, 0.2) is 24.3 Å². The molecule has 0 spiro atoms. The average Bonchev–Trinajstić information content (AvgIpc) is 2.84. The van der Waals surface area contributed by atoms with Crippen LogP contribution in [0.3, 0.4) is 0 Å². The van der Waals surface area contributed by atoms with Crippen molar-refractivity contribution in [1.82, 2.24) is 10.3 Å². The molecule has 3 rings (SSSR count). The van der Waals surface area contributed by atoms with Crippen molar-refractivity contribution in [2.75, 3.05) is 0 Å². The molecule has 1 heterocycles. The predicted molar refractivity (Wildman–Crippen MR) is 88.3 cm³/mol. The molecule has 0 saturated heterocycles. The number of H-pyrrole nitrogens is 1. The summed E-state index contributed by atoms with van der Waals surface area (Å²) in [6.45, 7) is 0. The van der Waals surface area contributed by atoms with Crippen molar-refractivity contribution < 1.29 is 4.79 Å². The molecule has 0 bridgehead atoms. The van der Waals surface area contributed by atoms with Gasteiger partial charge in [0, 0.05) is 28.0 Å². The third-order valence-corrected chi connectivity index (χ3v) is 4.20. The van der Waals surface area contributed by atoms with Crippen molar-refractivity contribution in [2.24, 2.45) is 5.73 Å². The zero-order valence-corrected chi connectivity index (χ0v) is 13.1. The Morgan fingerprint density at radius 1 is 1.29 bits per heavy atom. The van der Waals surface area contributed by atoms with Gasteiger partial charge in [0.2, 0.25) is 0 Å². The van der Waals surface area contributed by atoms with E-state index in [1.165, 1.54) is 0 Å². The standard InChI is InChI=1S/C15H18ClN3O.ClH/c16-10-5-6-12-9(7-10)8-14(18-12)15(20)19-13-4-2-1-3-11(13)17;/h5-8,11,13,18H,1-4,17H2,(H,19,20);1H/t11-,13+;/m0./s1. The summed E-state index contributed by atoms with van der Waals surface area (Å²) >= 11 is 5.95. The highest BCUT2D eigenvalue weighted by atomic mass is 35.5. The van der Waals surface area contributed by atoms with E-state index >= 15 is 0 Å². The molecule has 1 aliphatic carbocycles. The number of nitrogens with two attached hydrogens (primary N) is 1. The van der Waals surface area contributed by atoms with E-state index < -0.39 is 0 Å². The van der Waals surface area contributed by atoms with Crippen molar-refractivity contribution in [2.45, 2.75) is 37.8 Å². The third-order valence-electron chi connectivity index (χ3n) is 3.96. The van der Waals surface area contributed by atoms with Crippen molar-refractivity contribution in [3.8, 4) is 0 Å². The molecule has 4 nitrogen and oxygen atoms in total. The van der Waals surface area contributed by atoms with Gasteiger partial charge in [-0.15, -0.1) is 12.4 Å². The Morgan fingerprint density at radius 3 is 2.81 bits per heavy atom. The second-order valence-corrected chi connectivity index (χ2v) is 5.88. The lowest BCUT2D eigenvalue weighted by atomic mass is 9.91. The molecule has 1 amide bonds. The average molecular weight is 328 g/mol. The number of benzene rings is 1. The van der Waals surface area contributed by atoms with Crippen LogP contribution in [0.5, 0.6) is 0 Å². The van der Waals surface area contributed by atoms with Crippen LogP contribution in [-0.2, 0) is 0 Å². The highest BCUT2D eigenvalue weighted by Crippen LogP contribution is 2.21. The SMILES string of the molecule is Cl.N[C@H]1CCCC[C@H]1NC(=O)c1cc2cc(Cl)ccc2[nH]1. The summed E-state index contributed by atoms with van der Waals surface area (Å²) in [7, 11) is 0. The van der Waals surface area contributed by atoms with E-state index in [2.05, 4.69) is 10.3 Å². The summed E-state index contributed by atoms with van der Waals surface area (Å²) < 4.78 is 0. The number of halogens is 2. The van der Waals surface area contributed by atoms with Gasteiger partial charge >= 0.3 is 0 Å². The molecule has 1 saturated carbocycles. The van der Waals surface area contributed by atoms with E-state index in [9.17, 15) is 4.79 Å². The first-order valence-electron chi connectivity index (χ1n) is 6.98. The topological polar surface area (TPSA) is 70.9 Å². The van der Waals surface area contributed by atoms with Crippen LogP contribution >= 0.6 is 24.0 Å². The smallest absolute Gasteiger partial charge is 0.268 e. The third kappa shape index (κ3) is 3.51. The number of amides is 1. The lowest BCUT2D eigenvalue weighted by Gasteiger charge is -2.29. The molecule has 0 unspecified atom stereocenters. The molecule has 0 aliphatic heterocycles. The molecule has 6 heteroatoms. The van der Waals surface area contributed by atoms with Crippen LogP contribution in [0.25, 0.3) is 10.9 Å². The second-order valence-electron chi connectivity index (χ2n) is 5.44. The number of nitrogens with one attached hydrogen (secondary N) is 2.